The second kappa shape index (κ2) is 9.01. The molecule has 0 aromatic heterocycles. The standard InChI is InChI=1S/C21H24N2O4S/c1-5-26-18-11-16-17(12-19(18)27-6-2)23(13-20(22-16)28-4)21(24)14-7-9-15(25-3)10-8-14/h7-12H,5-6,13H2,1-4H3. The summed E-state index contributed by atoms with van der Waals surface area (Å²) in [6.45, 7) is 5.28. The minimum Gasteiger partial charge on any atom is -0.497 e. The van der Waals surface area contributed by atoms with Crippen molar-refractivity contribution in [3.05, 3.63) is 42.0 Å². The summed E-state index contributed by atoms with van der Waals surface area (Å²) in [5.74, 6) is 1.85. The molecule has 6 nitrogen and oxygen atoms in total. The Labute approximate surface area is 169 Å². The summed E-state index contributed by atoms with van der Waals surface area (Å²) >= 11 is 1.53. The van der Waals surface area contributed by atoms with E-state index in [4.69, 9.17) is 19.2 Å². The molecule has 0 bridgehead atoms. The van der Waals surface area contributed by atoms with E-state index in [0.717, 1.165) is 5.04 Å². The van der Waals surface area contributed by atoms with Crippen LogP contribution in [0.2, 0.25) is 0 Å². The van der Waals surface area contributed by atoms with Gasteiger partial charge in [-0.05, 0) is 44.4 Å². The summed E-state index contributed by atoms with van der Waals surface area (Å²) in [6, 6.07) is 10.8. The molecular formula is C21H24N2O4S. The van der Waals surface area contributed by atoms with Gasteiger partial charge in [-0.1, -0.05) is 0 Å². The number of nitrogens with zero attached hydrogens (tertiary/aromatic N) is 2. The predicted octanol–water partition coefficient (Wildman–Crippen LogP) is 4.55. The monoisotopic (exact) mass is 400 g/mol. The zero-order valence-corrected chi connectivity index (χ0v) is 17.3. The molecule has 0 unspecified atom stereocenters. The van der Waals surface area contributed by atoms with Crippen molar-refractivity contribution in [2.75, 3.05) is 38.0 Å². The Morgan fingerprint density at radius 2 is 1.75 bits per heavy atom. The zero-order valence-electron chi connectivity index (χ0n) is 16.5. The summed E-state index contributed by atoms with van der Waals surface area (Å²) < 4.78 is 16.6. The Morgan fingerprint density at radius 3 is 2.32 bits per heavy atom. The molecule has 7 heteroatoms. The summed E-state index contributed by atoms with van der Waals surface area (Å²) in [6.07, 6.45) is 1.96. The first-order valence-corrected chi connectivity index (χ1v) is 10.3. The largest absolute Gasteiger partial charge is 0.497 e. The molecule has 0 saturated carbocycles. The predicted molar refractivity (Wildman–Crippen MR) is 114 cm³/mol. The fourth-order valence-electron chi connectivity index (χ4n) is 2.95. The molecule has 1 amide bonds. The van der Waals surface area contributed by atoms with E-state index in [1.807, 2.05) is 32.2 Å². The maximum atomic E-state index is 13.3. The number of hydrogen-bond donors (Lipinski definition) is 0. The van der Waals surface area contributed by atoms with Crippen molar-refractivity contribution in [1.29, 1.82) is 0 Å². The summed E-state index contributed by atoms with van der Waals surface area (Å²) in [5, 5.41) is 0.862. The van der Waals surface area contributed by atoms with E-state index in [9.17, 15) is 4.79 Å². The number of rotatable bonds is 6. The fraction of sp³-hybridized carbons (Fsp3) is 0.333. The highest BCUT2D eigenvalue weighted by Gasteiger charge is 2.27. The van der Waals surface area contributed by atoms with Crippen LogP contribution in [-0.2, 0) is 0 Å². The fourth-order valence-corrected chi connectivity index (χ4v) is 3.40. The van der Waals surface area contributed by atoms with E-state index in [2.05, 4.69) is 0 Å². The maximum absolute atomic E-state index is 13.3. The van der Waals surface area contributed by atoms with E-state index in [1.54, 1.807) is 36.3 Å². The van der Waals surface area contributed by atoms with Gasteiger partial charge in [0, 0.05) is 17.7 Å². The third-order valence-corrected chi connectivity index (χ3v) is 4.98. The Kier molecular flexibility index (Phi) is 6.46. The van der Waals surface area contributed by atoms with Crippen LogP contribution in [0.25, 0.3) is 0 Å². The lowest BCUT2D eigenvalue weighted by molar-refractivity contribution is 0.0990. The molecule has 1 heterocycles. The number of anilines is 1. The molecule has 1 aliphatic heterocycles. The third-order valence-electron chi connectivity index (χ3n) is 4.29. The Hall–Kier alpha value is -2.67. The lowest BCUT2D eigenvalue weighted by atomic mass is 10.1. The molecule has 2 aromatic carbocycles. The highest BCUT2D eigenvalue weighted by molar-refractivity contribution is 8.13. The Balaban J connectivity index is 2.04. The van der Waals surface area contributed by atoms with Crippen molar-refractivity contribution in [1.82, 2.24) is 0 Å². The smallest absolute Gasteiger partial charge is 0.258 e. The van der Waals surface area contributed by atoms with Crippen molar-refractivity contribution >= 4 is 34.1 Å². The molecule has 28 heavy (non-hydrogen) atoms. The molecule has 0 saturated heterocycles. The van der Waals surface area contributed by atoms with E-state index in [1.165, 1.54) is 11.8 Å². The molecule has 1 aliphatic rings. The van der Waals surface area contributed by atoms with Gasteiger partial charge < -0.3 is 14.2 Å². The van der Waals surface area contributed by atoms with Gasteiger partial charge in [0.2, 0.25) is 0 Å². The minimum atomic E-state index is -0.100. The van der Waals surface area contributed by atoms with Crippen LogP contribution in [0.5, 0.6) is 17.2 Å². The number of amides is 1. The minimum absolute atomic E-state index is 0.100. The molecule has 148 valence electrons. The van der Waals surface area contributed by atoms with E-state index < -0.39 is 0 Å². The molecule has 0 fully saturated rings. The van der Waals surface area contributed by atoms with E-state index >= 15 is 0 Å². The zero-order chi connectivity index (χ0) is 20.1. The molecular weight excluding hydrogens is 376 g/mol. The first-order valence-electron chi connectivity index (χ1n) is 9.12. The number of fused-ring (bicyclic) bond motifs is 1. The molecule has 0 N–H and O–H groups in total. The molecule has 0 spiro atoms. The van der Waals surface area contributed by atoms with Crippen molar-refractivity contribution in [2.45, 2.75) is 13.8 Å². The third kappa shape index (κ3) is 4.09. The van der Waals surface area contributed by atoms with Gasteiger partial charge in [-0.3, -0.25) is 9.69 Å². The average molecular weight is 401 g/mol. The van der Waals surface area contributed by atoms with Crippen molar-refractivity contribution in [3.8, 4) is 17.2 Å². The van der Waals surface area contributed by atoms with Gasteiger partial charge in [0.25, 0.3) is 5.91 Å². The number of aliphatic imine (C=N–C) groups is 1. The lowest BCUT2D eigenvalue weighted by Gasteiger charge is -2.29. The lowest BCUT2D eigenvalue weighted by Crippen LogP contribution is -2.36. The number of thioether (sulfide) groups is 1. The van der Waals surface area contributed by atoms with Crippen LogP contribution < -0.4 is 19.1 Å². The molecule has 0 aliphatic carbocycles. The van der Waals surface area contributed by atoms with Crippen LogP contribution in [-0.4, -0.2) is 44.1 Å². The van der Waals surface area contributed by atoms with Gasteiger partial charge in [-0.2, -0.15) is 0 Å². The van der Waals surface area contributed by atoms with Crippen molar-refractivity contribution < 1.29 is 19.0 Å². The van der Waals surface area contributed by atoms with Crippen LogP contribution in [0.1, 0.15) is 24.2 Å². The highest BCUT2D eigenvalue weighted by atomic mass is 32.2. The highest BCUT2D eigenvalue weighted by Crippen LogP contribution is 2.43. The average Bonchev–Trinajstić information content (AvgIpc) is 2.73. The van der Waals surface area contributed by atoms with Crippen LogP contribution in [0.4, 0.5) is 11.4 Å². The van der Waals surface area contributed by atoms with Crippen molar-refractivity contribution in [2.24, 2.45) is 4.99 Å². The number of hydrogen-bond acceptors (Lipinski definition) is 6. The van der Waals surface area contributed by atoms with E-state index in [-0.39, 0.29) is 5.91 Å². The van der Waals surface area contributed by atoms with Gasteiger partial charge >= 0.3 is 0 Å². The van der Waals surface area contributed by atoms with Gasteiger partial charge in [-0.15, -0.1) is 11.8 Å². The Bertz CT molecular complexity index is 881. The summed E-state index contributed by atoms with van der Waals surface area (Å²) in [5.41, 5.74) is 2.00. The van der Waals surface area contributed by atoms with Gasteiger partial charge in [0.05, 0.1) is 43.3 Å². The molecule has 3 rings (SSSR count). The molecule has 0 atom stereocenters. The first-order chi connectivity index (χ1) is 13.6. The number of methoxy groups -OCH3 is 1. The second-order valence-corrected chi connectivity index (χ2v) is 6.86. The number of benzene rings is 2. The molecule has 2 aromatic rings. The second-order valence-electron chi connectivity index (χ2n) is 5.98. The quantitative estimate of drug-likeness (QED) is 0.712. The Morgan fingerprint density at radius 1 is 1.11 bits per heavy atom. The summed E-state index contributed by atoms with van der Waals surface area (Å²) in [7, 11) is 1.60. The maximum Gasteiger partial charge on any atom is 0.258 e. The van der Waals surface area contributed by atoms with Crippen LogP contribution in [0, 0.1) is 0 Å². The van der Waals surface area contributed by atoms with Crippen molar-refractivity contribution in [3.63, 3.8) is 0 Å². The SMILES string of the molecule is CCOc1cc2c(cc1OCC)N(C(=O)c1ccc(OC)cc1)CC(SC)=N2. The van der Waals surface area contributed by atoms with Crippen LogP contribution in [0.3, 0.4) is 0 Å². The topological polar surface area (TPSA) is 60.4 Å². The number of ether oxygens (including phenoxy) is 3. The first kappa shape index (κ1) is 20.1. The molecule has 0 radical (unpaired) electrons. The van der Waals surface area contributed by atoms with Crippen LogP contribution in [0.15, 0.2) is 41.4 Å². The number of carbonyl (C=O) groups is 1. The van der Waals surface area contributed by atoms with E-state index in [0.29, 0.717) is 53.9 Å². The van der Waals surface area contributed by atoms with Crippen LogP contribution >= 0.6 is 11.8 Å². The van der Waals surface area contributed by atoms with Gasteiger partial charge in [0.1, 0.15) is 5.75 Å². The van der Waals surface area contributed by atoms with Gasteiger partial charge in [-0.25, -0.2) is 4.99 Å². The summed E-state index contributed by atoms with van der Waals surface area (Å²) in [4.78, 5) is 19.7. The normalized spacial score (nSPS) is 12.9. The number of carbonyl (C=O) groups excluding carboxylic acids is 1. The van der Waals surface area contributed by atoms with Gasteiger partial charge in [0.15, 0.2) is 11.5 Å².